The number of thiophene rings is 2. The quantitative estimate of drug-likeness (QED) is 0.573. The molecule has 0 radical (unpaired) electrons. The van der Waals surface area contributed by atoms with Crippen LogP contribution in [0.2, 0.25) is 0 Å². The summed E-state index contributed by atoms with van der Waals surface area (Å²) in [6.45, 7) is 2.98. The molecule has 6 nitrogen and oxygen atoms in total. The maximum Gasteiger partial charge on any atom is 0.193 e. The first-order chi connectivity index (χ1) is 18.1. The number of aliphatic hydroxyl groups excluding tert-OH is 2. The summed E-state index contributed by atoms with van der Waals surface area (Å²) in [6.07, 6.45) is 3.77. The van der Waals surface area contributed by atoms with Gasteiger partial charge >= 0.3 is 0 Å². The molecule has 202 valence electrons. The fraction of sp³-hybridized carbons (Fsp3) is 0.586. The molecule has 3 heterocycles. The van der Waals surface area contributed by atoms with Crippen molar-refractivity contribution in [3.05, 3.63) is 46.2 Å². The van der Waals surface area contributed by atoms with Crippen LogP contribution in [0.4, 0.5) is 4.39 Å². The number of allylic oxidation sites excluding steroid dienone is 4. The average molecular weight is 559 g/mol. The van der Waals surface area contributed by atoms with Gasteiger partial charge in [-0.05, 0) is 68.2 Å². The average Bonchev–Trinajstić information content (AvgIpc) is 3.61. The van der Waals surface area contributed by atoms with Crippen molar-refractivity contribution in [3.63, 3.8) is 0 Å². The van der Waals surface area contributed by atoms with Crippen LogP contribution in [-0.2, 0) is 25.5 Å². The number of rotatable bonds is 4. The number of halogens is 1. The van der Waals surface area contributed by atoms with E-state index in [1.165, 1.54) is 21.6 Å². The topological polar surface area (TPSA) is 93.1 Å². The lowest BCUT2D eigenvalue weighted by Gasteiger charge is -2.62. The molecular formula is C29H31FO6S2. The summed E-state index contributed by atoms with van der Waals surface area (Å²) in [5, 5.41) is 23.7. The van der Waals surface area contributed by atoms with Crippen LogP contribution in [0.3, 0.4) is 0 Å². The van der Waals surface area contributed by atoms with Gasteiger partial charge in [-0.25, -0.2) is 4.39 Å². The van der Waals surface area contributed by atoms with Crippen molar-refractivity contribution in [1.29, 1.82) is 0 Å². The van der Waals surface area contributed by atoms with Crippen LogP contribution in [0, 0.1) is 22.7 Å². The Hall–Kier alpha value is -1.75. The van der Waals surface area contributed by atoms with Gasteiger partial charge in [-0.15, -0.1) is 22.7 Å². The fourth-order valence-electron chi connectivity index (χ4n) is 8.82. The molecule has 1 aliphatic heterocycles. The molecule has 9 heteroatoms. The van der Waals surface area contributed by atoms with E-state index >= 15 is 4.39 Å². The van der Waals surface area contributed by atoms with Gasteiger partial charge in [-0.2, -0.15) is 0 Å². The van der Waals surface area contributed by atoms with E-state index in [1.807, 2.05) is 6.92 Å². The van der Waals surface area contributed by atoms with E-state index in [2.05, 4.69) is 17.5 Å². The van der Waals surface area contributed by atoms with E-state index in [9.17, 15) is 19.8 Å². The van der Waals surface area contributed by atoms with E-state index in [0.717, 1.165) is 4.88 Å². The van der Waals surface area contributed by atoms with E-state index in [1.54, 1.807) is 35.7 Å². The van der Waals surface area contributed by atoms with E-state index in [4.69, 9.17) is 9.47 Å². The third-order valence-corrected chi connectivity index (χ3v) is 12.7. The molecule has 0 bridgehead atoms. The molecule has 1 saturated heterocycles. The number of aliphatic hydroxyl groups is 2. The summed E-state index contributed by atoms with van der Waals surface area (Å²) in [4.78, 5) is 26.7. The zero-order valence-electron chi connectivity index (χ0n) is 21.3. The maximum atomic E-state index is 17.4. The SMILES string of the molecule is C[C@]12C=CC(=O)C=C1CC[C@H]1[C@@H]3C[C@H]4O[C@@H](Cc5cc6sccc6s5)O[C@@]4(C(=O)CO)[C@@]3(C)C[C@H](O)[C@@]12F. The molecule has 3 saturated carbocycles. The lowest BCUT2D eigenvalue weighted by atomic mass is 9.44. The summed E-state index contributed by atoms with van der Waals surface area (Å²) < 4.78 is 32.8. The van der Waals surface area contributed by atoms with Gasteiger partial charge in [0, 0.05) is 37.4 Å². The highest BCUT2D eigenvalue weighted by molar-refractivity contribution is 7.26. The zero-order chi connectivity index (χ0) is 26.7. The lowest BCUT2D eigenvalue weighted by molar-refractivity contribution is -0.230. The molecule has 0 amide bonds. The normalized spacial score (nSPS) is 45.4. The first kappa shape index (κ1) is 25.2. The number of Topliss-reactive ketones (excluding diaryl/α,β-unsaturated/α-hetero) is 1. The molecule has 0 spiro atoms. The summed E-state index contributed by atoms with van der Waals surface area (Å²) in [6, 6.07) is 4.20. The fourth-order valence-corrected chi connectivity index (χ4v) is 11.0. The Morgan fingerprint density at radius 3 is 2.84 bits per heavy atom. The van der Waals surface area contributed by atoms with Crippen LogP contribution in [-0.4, -0.2) is 58.2 Å². The Morgan fingerprint density at radius 1 is 1.26 bits per heavy atom. The minimum absolute atomic E-state index is 0.00236. The van der Waals surface area contributed by atoms with Crippen LogP contribution in [0.5, 0.6) is 0 Å². The highest BCUT2D eigenvalue weighted by Crippen LogP contribution is 2.71. The molecule has 2 aromatic heterocycles. The number of hydrogen-bond acceptors (Lipinski definition) is 8. The van der Waals surface area contributed by atoms with Crippen LogP contribution in [0.15, 0.2) is 41.3 Å². The predicted octanol–water partition coefficient (Wildman–Crippen LogP) is 4.53. The lowest BCUT2D eigenvalue weighted by Crippen LogP contribution is -2.69. The molecule has 4 aliphatic carbocycles. The van der Waals surface area contributed by atoms with Gasteiger partial charge in [0.25, 0.3) is 0 Å². The molecule has 0 aromatic carbocycles. The van der Waals surface area contributed by atoms with Gasteiger partial charge < -0.3 is 19.7 Å². The number of alkyl halides is 1. The number of ketones is 2. The van der Waals surface area contributed by atoms with Crippen molar-refractivity contribution in [3.8, 4) is 0 Å². The largest absolute Gasteiger partial charge is 0.390 e. The Bertz CT molecular complexity index is 1380. The Kier molecular flexibility index (Phi) is 5.41. The van der Waals surface area contributed by atoms with Crippen molar-refractivity contribution in [2.45, 2.75) is 75.7 Å². The monoisotopic (exact) mass is 558 g/mol. The van der Waals surface area contributed by atoms with Crippen molar-refractivity contribution in [2.24, 2.45) is 22.7 Å². The van der Waals surface area contributed by atoms with E-state index in [-0.39, 0.29) is 18.1 Å². The van der Waals surface area contributed by atoms with Crippen LogP contribution < -0.4 is 0 Å². The first-order valence-electron chi connectivity index (χ1n) is 13.3. The third kappa shape index (κ3) is 2.95. The minimum Gasteiger partial charge on any atom is -0.390 e. The second-order valence-corrected chi connectivity index (χ2v) is 14.2. The summed E-state index contributed by atoms with van der Waals surface area (Å²) in [7, 11) is 0. The Morgan fingerprint density at radius 2 is 2.08 bits per heavy atom. The van der Waals surface area contributed by atoms with Gasteiger partial charge in [-0.1, -0.05) is 18.6 Å². The van der Waals surface area contributed by atoms with Crippen molar-refractivity contribution < 1.29 is 33.7 Å². The molecular weight excluding hydrogens is 527 g/mol. The number of ether oxygens (including phenoxy) is 2. The molecule has 4 fully saturated rings. The van der Waals surface area contributed by atoms with Crippen molar-refractivity contribution >= 4 is 43.6 Å². The van der Waals surface area contributed by atoms with Crippen LogP contribution in [0.1, 0.15) is 44.4 Å². The molecule has 38 heavy (non-hydrogen) atoms. The highest BCUT2D eigenvalue weighted by Gasteiger charge is 2.79. The van der Waals surface area contributed by atoms with Gasteiger partial charge in [0.05, 0.1) is 12.2 Å². The Labute approximate surface area is 228 Å². The first-order valence-corrected chi connectivity index (χ1v) is 15.0. The molecule has 0 unspecified atom stereocenters. The second-order valence-electron chi connectivity index (χ2n) is 12.1. The van der Waals surface area contributed by atoms with Gasteiger partial charge in [-0.3, -0.25) is 9.59 Å². The minimum atomic E-state index is -2.00. The third-order valence-electron chi connectivity index (χ3n) is 10.6. The zero-order valence-corrected chi connectivity index (χ0v) is 22.9. The molecule has 2 N–H and O–H groups in total. The summed E-state index contributed by atoms with van der Waals surface area (Å²) >= 11 is 3.34. The summed E-state index contributed by atoms with van der Waals surface area (Å²) in [5.74, 6) is -1.48. The molecule has 9 atom stereocenters. The maximum absolute atomic E-state index is 17.4. The van der Waals surface area contributed by atoms with Gasteiger partial charge in [0.15, 0.2) is 29.1 Å². The number of fused-ring (bicyclic) bond motifs is 8. The number of hydrogen-bond donors (Lipinski definition) is 2. The highest BCUT2D eigenvalue weighted by atomic mass is 32.1. The number of carbonyl (C=O) groups excluding carboxylic acids is 2. The van der Waals surface area contributed by atoms with Crippen LogP contribution >= 0.6 is 22.7 Å². The predicted molar refractivity (Wildman–Crippen MR) is 142 cm³/mol. The molecule has 2 aromatic rings. The Balaban J connectivity index is 1.25. The van der Waals surface area contributed by atoms with E-state index < -0.39 is 58.9 Å². The van der Waals surface area contributed by atoms with Crippen molar-refractivity contribution in [1.82, 2.24) is 0 Å². The number of carbonyl (C=O) groups is 2. The van der Waals surface area contributed by atoms with Gasteiger partial charge in [0.1, 0.15) is 6.61 Å². The standard InChI is InChI=1S/C29H31FO6S2/c1-26-7-5-16(32)9-15(26)3-4-18-19-12-24-29(23(34)14-31,27(19,2)13-22(33)28(18,26)30)36-25(35-24)11-17-10-21-20(38-17)6-8-37-21/h5-10,18-19,22,24-25,31,33H,3-4,11-14H2,1-2H3/t18-,19-,22-,24+,25+,26-,27-,28-,29+/m0/s1. The van der Waals surface area contributed by atoms with E-state index in [0.29, 0.717) is 31.3 Å². The molecule has 5 aliphatic rings. The second kappa shape index (κ2) is 8.15. The van der Waals surface area contributed by atoms with Crippen molar-refractivity contribution in [2.75, 3.05) is 6.61 Å². The van der Waals surface area contributed by atoms with Gasteiger partial charge in [0.2, 0.25) is 0 Å². The smallest absolute Gasteiger partial charge is 0.193 e. The molecule has 7 rings (SSSR count). The summed E-state index contributed by atoms with van der Waals surface area (Å²) in [5.41, 5.74) is -4.76. The van der Waals surface area contributed by atoms with Crippen LogP contribution in [0.25, 0.3) is 9.40 Å².